The predicted octanol–water partition coefficient (Wildman–Crippen LogP) is 1.97. The van der Waals surface area contributed by atoms with Crippen molar-refractivity contribution < 1.29 is 9.90 Å². The SMILES string of the molecule is [NH]C(=O)c1ccc2ccccc2c1O. The molecule has 1 radical (unpaired) electrons. The van der Waals surface area contributed by atoms with Crippen LogP contribution >= 0.6 is 0 Å². The van der Waals surface area contributed by atoms with E-state index in [0.29, 0.717) is 5.39 Å². The summed E-state index contributed by atoms with van der Waals surface area (Å²) in [5.41, 5.74) is 6.98. The van der Waals surface area contributed by atoms with E-state index in [1.54, 1.807) is 18.2 Å². The van der Waals surface area contributed by atoms with Crippen molar-refractivity contribution in [2.24, 2.45) is 0 Å². The Bertz CT molecular complexity index is 506. The van der Waals surface area contributed by atoms with E-state index in [1.807, 2.05) is 12.1 Å². The van der Waals surface area contributed by atoms with Gasteiger partial charge in [0.25, 0.3) is 5.91 Å². The maximum absolute atomic E-state index is 10.8. The summed E-state index contributed by atoms with van der Waals surface area (Å²) in [6.45, 7) is 0. The Balaban J connectivity index is 2.81. The van der Waals surface area contributed by atoms with E-state index in [0.717, 1.165) is 5.39 Å². The first-order valence-electron chi connectivity index (χ1n) is 4.17. The fraction of sp³-hybridized carbons (Fsp3) is 0. The first-order valence-corrected chi connectivity index (χ1v) is 4.17. The molecule has 0 unspecified atom stereocenters. The van der Waals surface area contributed by atoms with Gasteiger partial charge in [-0.25, -0.2) is 0 Å². The van der Waals surface area contributed by atoms with Crippen molar-refractivity contribution in [3.63, 3.8) is 0 Å². The monoisotopic (exact) mass is 186 g/mol. The third-order valence-corrected chi connectivity index (χ3v) is 2.15. The Morgan fingerprint density at radius 3 is 2.57 bits per heavy atom. The summed E-state index contributed by atoms with van der Waals surface area (Å²) in [5, 5.41) is 11.1. The van der Waals surface area contributed by atoms with Crippen molar-refractivity contribution in [3.05, 3.63) is 42.0 Å². The Labute approximate surface area is 80.8 Å². The van der Waals surface area contributed by atoms with Gasteiger partial charge in [0.1, 0.15) is 5.75 Å². The molecule has 2 rings (SSSR count). The normalized spacial score (nSPS) is 10.3. The largest absolute Gasteiger partial charge is 0.506 e. The summed E-state index contributed by atoms with van der Waals surface area (Å²) < 4.78 is 0. The number of aromatic hydroxyl groups is 1. The second kappa shape index (κ2) is 3.03. The van der Waals surface area contributed by atoms with Crippen LogP contribution in [0.5, 0.6) is 5.75 Å². The van der Waals surface area contributed by atoms with Crippen LogP contribution in [0.4, 0.5) is 0 Å². The van der Waals surface area contributed by atoms with E-state index in [4.69, 9.17) is 5.73 Å². The zero-order chi connectivity index (χ0) is 10.1. The second-order valence-electron chi connectivity index (χ2n) is 3.01. The molecule has 2 N–H and O–H groups in total. The summed E-state index contributed by atoms with van der Waals surface area (Å²) >= 11 is 0. The molecule has 0 atom stereocenters. The van der Waals surface area contributed by atoms with E-state index in [9.17, 15) is 9.90 Å². The number of fused-ring (bicyclic) bond motifs is 1. The molecule has 0 saturated heterocycles. The molecule has 3 nitrogen and oxygen atoms in total. The lowest BCUT2D eigenvalue weighted by atomic mass is 10.1. The highest BCUT2D eigenvalue weighted by Gasteiger charge is 2.10. The Morgan fingerprint density at radius 1 is 1.14 bits per heavy atom. The lowest BCUT2D eigenvalue weighted by molar-refractivity contribution is 0.0990. The third-order valence-electron chi connectivity index (χ3n) is 2.15. The zero-order valence-electron chi connectivity index (χ0n) is 7.32. The van der Waals surface area contributed by atoms with E-state index in [1.165, 1.54) is 6.07 Å². The molecule has 1 amide bonds. The summed E-state index contributed by atoms with van der Waals surface area (Å²) in [4.78, 5) is 10.8. The number of rotatable bonds is 1. The average Bonchev–Trinajstić information content (AvgIpc) is 2.18. The summed E-state index contributed by atoms with van der Waals surface area (Å²) in [5.74, 6) is -0.976. The van der Waals surface area contributed by atoms with Gasteiger partial charge < -0.3 is 5.11 Å². The molecule has 0 fully saturated rings. The smallest absolute Gasteiger partial charge is 0.273 e. The van der Waals surface area contributed by atoms with Crippen molar-refractivity contribution in [2.75, 3.05) is 0 Å². The van der Waals surface area contributed by atoms with Gasteiger partial charge in [-0.05, 0) is 11.5 Å². The minimum atomic E-state index is -0.867. The van der Waals surface area contributed by atoms with Gasteiger partial charge in [-0.1, -0.05) is 30.3 Å². The Morgan fingerprint density at radius 2 is 1.86 bits per heavy atom. The number of phenols is 1. The van der Waals surface area contributed by atoms with Gasteiger partial charge in [-0.15, -0.1) is 0 Å². The highest BCUT2D eigenvalue weighted by atomic mass is 16.3. The van der Waals surface area contributed by atoms with Crippen LogP contribution in [0.3, 0.4) is 0 Å². The molecule has 0 heterocycles. The third kappa shape index (κ3) is 1.19. The summed E-state index contributed by atoms with van der Waals surface area (Å²) in [6, 6.07) is 10.4. The van der Waals surface area contributed by atoms with Crippen molar-refractivity contribution in [1.82, 2.24) is 5.73 Å². The molecule has 14 heavy (non-hydrogen) atoms. The maximum Gasteiger partial charge on any atom is 0.273 e. The summed E-state index contributed by atoms with van der Waals surface area (Å²) in [6.07, 6.45) is 0. The van der Waals surface area contributed by atoms with Crippen molar-refractivity contribution >= 4 is 16.7 Å². The van der Waals surface area contributed by atoms with Crippen LogP contribution < -0.4 is 5.73 Å². The second-order valence-corrected chi connectivity index (χ2v) is 3.01. The lowest BCUT2D eigenvalue weighted by Crippen LogP contribution is -1.98. The molecule has 0 bridgehead atoms. The fourth-order valence-electron chi connectivity index (χ4n) is 1.44. The number of carbonyl (C=O) groups excluding carboxylic acids is 1. The van der Waals surface area contributed by atoms with Gasteiger partial charge in [-0.3, -0.25) is 10.5 Å². The predicted molar refractivity (Wildman–Crippen MR) is 53.0 cm³/mol. The quantitative estimate of drug-likeness (QED) is 0.740. The number of hydrogen-bond acceptors (Lipinski definition) is 2. The van der Waals surface area contributed by atoms with Gasteiger partial charge in [0, 0.05) is 5.39 Å². The van der Waals surface area contributed by atoms with E-state index >= 15 is 0 Å². The molecular formula is C11H8NO2. The lowest BCUT2D eigenvalue weighted by Gasteiger charge is -2.03. The number of amides is 1. The number of phenolic OH excluding ortho intramolecular Hbond substituents is 1. The Kier molecular flexibility index (Phi) is 1.85. The first-order chi connectivity index (χ1) is 6.70. The highest BCUT2D eigenvalue weighted by molar-refractivity contribution is 6.02. The fourth-order valence-corrected chi connectivity index (χ4v) is 1.44. The molecule has 0 aliphatic rings. The molecule has 2 aromatic carbocycles. The molecule has 0 saturated carbocycles. The van der Waals surface area contributed by atoms with Crippen LogP contribution in [-0.2, 0) is 0 Å². The van der Waals surface area contributed by atoms with Gasteiger partial charge in [0.2, 0.25) is 0 Å². The molecule has 0 aliphatic carbocycles. The molecule has 0 aliphatic heterocycles. The van der Waals surface area contributed by atoms with Crippen LogP contribution in [0, 0.1) is 0 Å². The van der Waals surface area contributed by atoms with Gasteiger partial charge >= 0.3 is 0 Å². The van der Waals surface area contributed by atoms with Crippen LogP contribution in [0.2, 0.25) is 0 Å². The van der Waals surface area contributed by atoms with Crippen LogP contribution in [0.15, 0.2) is 36.4 Å². The van der Waals surface area contributed by atoms with Gasteiger partial charge in [-0.2, -0.15) is 0 Å². The van der Waals surface area contributed by atoms with E-state index < -0.39 is 5.91 Å². The molecule has 2 aromatic rings. The maximum atomic E-state index is 10.8. The van der Waals surface area contributed by atoms with Gasteiger partial charge in [0.05, 0.1) is 5.56 Å². The van der Waals surface area contributed by atoms with Crippen LogP contribution in [0.1, 0.15) is 10.4 Å². The average molecular weight is 186 g/mol. The van der Waals surface area contributed by atoms with Crippen LogP contribution in [-0.4, -0.2) is 11.0 Å². The topological polar surface area (TPSA) is 61.1 Å². The van der Waals surface area contributed by atoms with E-state index in [-0.39, 0.29) is 11.3 Å². The molecule has 3 heteroatoms. The van der Waals surface area contributed by atoms with Crippen molar-refractivity contribution in [2.45, 2.75) is 0 Å². The first kappa shape index (κ1) is 8.56. The van der Waals surface area contributed by atoms with E-state index in [2.05, 4.69) is 0 Å². The molecular weight excluding hydrogens is 178 g/mol. The number of hydrogen-bond donors (Lipinski definition) is 1. The van der Waals surface area contributed by atoms with Crippen molar-refractivity contribution in [3.8, 4) is 5.75 Å². The van der Waals surface area contributed by atoms with Crippen molar-refractivity contribution in [1.29, 1.82) is 0 Å². The summed E-state index contributed by atoms with van der Waals surface area (Å²) in [7, 11) is 0. The molecule has 69 valence electrons. The molecule has 0 spiro atoms. The highest BCUT2D eigenvalue weighted by Crippen LogP contribution is 2.28. The Hall–Kier alpha value is -2.03. The standard InChI is InChI=1S/C11H8NO2/c12-11(14)9-6-5-7-3-1-2-4-8(7)10(9)13/h1-6,12-13H. The van der Waals surface area contributed by atoms with Crippen LogP contribution in [0.25, 0.3) is 10.8 Å². The number of nitrogens with one attached hydrogen (secondary N) is 1. The van der Waals surface area contributed by atoms with Gasteiger partial charge in [0.15, 0.2) is 0 Å². The number of carbonyl (C=O) groups is 1. The minimum absolute atomic E-state index is 0.0451. The zero-order valence-corrected chi connectivity index (χ0v) is 7.32. The minimum Gasteiger partial charge on any atom is -0.506 e. The molecule has 0 aromatic heterocycles. The number of benzene rings is 2.